The van der Waals surface area contributed by atoms with Crippen LogP contribution in [0.2, 0.25) is 5.02 Å². The molecular weight excluding hydrogens is 362 g/mol. The first-order valence-corrected chi connectivity index (χ1v) is 10.6. The summed E-state index contributed by atoms with van der Waals surface area (Å²) in [5.41, 5.74) is 1.87. The Bertz CT molecular complexity index is 705. The summed E-state index contributed by atoms with van der Waals surface area (Å²) in [6.07, 6.45) is 7.19. The van der Waals surface area contributed by atoms with Crippen molar-refractivity contribution in [2.24, 2.45) is 11.8 Å². The zero-order valence-electron chi connectivity index (χ0n) is 15.8. The van der Waals surface area contributed by atoms with Crippen LogP contribution in [0.4, 0.5) is 11.4 Å². The highest BCUT2D eigenvalue weighted by atomic mass is 35.5. The topological polar surface area (TPSA) is 52.7 Å². The summed E-state index contributed by atoms with van der Waals surface area (Å²) in [4.78, 5) is 29.3. The zero-order chi connectivity index (χ0) is 18.8. The molecule has 146 valence electrons. The van der Waals surface area contributed by atoms with E-state index in [1.807, 2.05) is 23.1 Å². The second kappa shape index (κ2) is 8.09. The number of benzene rings is 1. The van der Waals surface area contributed by atoms with E-state index in [1.54, 1.807) is 0 Å². The number of nitrogens with zero attached hydrogens (tertiary/aromatic N) is 2. The number of rotatable bonds is 4. The van der Waals surface area contributed by atoms with Gasteiger partial charge in [0, 0.05) is 43.0 Å². The molecule has 4 rings (SSSR count). The molecule has 3 fully saturated rings. The fourth-order valence-electron chi connectivity index (χ4n) is 4.20. The molecule has 0 bridgehead atoms. The first kappa shape index (κ1) is 18.6. The number of piperidine rings is 2. The van der Waals surface area contributed by atoms with Gasteiger partial charge in [0.05, 0.1) is 11.4 Å². The molecule has 1 saturated carbocycles. The van der Waals surface area contributed by atoms with Crippen LogP contribution in [0.5, 0.6) is 0 Å². The average Bonchev–Trinajstić information content (AvgIpc) is 3.54. The van der Waals surface area contributed by atoms with E-state index in [-0.39, 0.29) is 23.7 Å². The summed E-state index contributed by atoms with van der Waals surface area (Å²) in [6.45, 7) is 3.43. The van der Waals surface area contributed by atoms with E-state index in [2.05, 4.69) is 10.2 Å². The van der Waals surface area contributed by atoms with Crippen LogP contribution in [0.1, 0.15) is 44.9 Å². The van der Waals surface area contributed by atoms with Gasteiger partial charge in [-0.1, -0.05) is 11.6 Å². The normalized spacial score (nSPS) is 21.2. The van der Waals surface area contributed by atoms with E-state index < -0.39 is 0 Å². The lowest BCUT2D eigenvalue weighted by Crippen LogP contribution is -2.42. The van der Waals surface area contributed by atoms with Gasteiger partial charge in [-0.3, -0.25) is 9.59 Å². The highest BCUT2D eigenvalue weighted by Gasteiger charge is 2.36. The van der Waals surface area contributed by atoms with Crippen molar-refractivity contribution in [1.82, 2.24) is 4.90 Å². The Balaban J connectivity index is 1.39. The summed E-state index contributed by atoms with van der Waals surface area (Å²) >= 11 is 6.20. The number of amides is 2. The van der Waals surface area contributed by atoms with Crippen molar-refractivity contribution in [3.63, 3.8) is 0 Å². The highest BCUT2D eigenvalue weighted by molar-refractivity contribution is 6.31. The fourth-order valence-corrected chi connectivity index (χ4v) is 4.38. The maximum absolute atomic E-state index is 12.9. The quantitative estimate of drug-likeness (QED) is 0.849. The van der Waals surface area contributed by atoms with Crippen LogP contribution in [0.15, 0.2) is 18.2 Å². The number of nitrogens with one attached hydrogen (secondary N) is 1. The predicted octanol–water partition coefficient (Wildman–Crippen LogP) is 3.92. The van der Waals surface area contributed by atoms with E-state index in [0.29, 0.717) is 18.1 Å². The Morgan fingerprint density at radius 1 is 0.926 bits per heavy atom. The molecular formula is C21H28ClN3O2. The van der Waals surface area contributed by atoms with Crippen LogP contribution in [0.25, 0.3) is 0 Å². The van der Waals surface area contributed by atoms with Crippen molar-refractivity contribution in [3.05, 3.63) is 23.2 Å². The summed E-state index contributed by atoms with van der Waals surface area (Å²) in [6, 6.07) is 5.76. The number of hydrogen-bond donors (Lipinski definition) is 1. The van der Waals surface area contributed by atoms with Crippen LogP contribution in [0.3, 0.4) is 0 Å². The van der Waals surface area contributed by atoms with Crippen molar-refractivity contribution < 1.29 is 9.59 Å². The minimum Gasteiger partial charge on any atom is -0.370 e. The third kappa shape index (κ3) is 4.40. The lowest BCUT2D eigenvalue weighted by molar-refractivity contribution is -0.135. The monoisotopic (exact) mass is 389 g/mol. The van der Waals surface area contributed by atoms with Gasteiger partial charge >= 0.3 is 0 Å². The zero-order valence-corrected chi connectivity index (χ0v) is 16.5. The average molecular weight is 390 g/mol. The van der Waals surface area contributed by atoms with Gasteiger partial charge in [0.15, 0.2) is 0 Å². The van der Waals surface area contributed by atoms with Gasteiger partial charge in [-0.15, -0.1) is 0 Å². The molecule has 0 aromatic heterocycles. The van der Waals surface area contributed by atoms with Gasteiger partial charge < -0.3 is 15.1 Å². The number of hydrogen-bond acceptors (Lipinski definition) is 3. The molecule has 5 nitrogen and oxygen atoms in total. The van der Waals surface area contributed by atoms with Crippen LogP contribution < -0.4 is 10.2 Å². The van der Waals surface area contributed by atoms with Gasteiger partial charge in [-0.05, 0) is 63.1 Å². The van der Waals surface area contributed by atoms with Crippen LogP contribution in [-0.2, 0) is 9.59 Å². The molecule has 0 atom stereocenters. The maximum Gasteiger partial charge on any atom is 0.227 e. The molecule has 1 N–H and O–H groups in total. The Morgan fingerprint density at radius 3 is 2.30 bits per heavy atom. The van der Waals surface area contributed by atoms with E-state index in [1.165, 1.54) is 19.3 Å². The molecule has 2 aliphatic heterocycles. The van der Waals surface area contributed by atoms with Crippen LogP contribution in [-0.4, -0.2) is 42.9 Å². The number of halogens is 1. The van der Waals surface area contributed by atoms with Gasteiger partial charge in [0.25, 0.3) is 0 Å². The lowest BCUT2D eigenvalue weighted by Gasteiger charge is -2.33. The number of carbonyl (C=O) groups is 2. The minimum atomic E-state index is -0.0403. The molecule has 3 aliphatic rings. The third-order valence-corrected chi connectivity index (χ3v) is 6.25. The molecule has 2 amide bonds. The molecule has 0 spiro atoms. The Labute approximate surface area is 166 Å². The second-order valence-corrected chi connectivity index (χ2v) is 8.51. The first-order chi connectivity index (χ1) is 13.1. The van der Waals surface area contributed by atoms with Gasteiger partial charge in [0.2, 0.25) is 11.8 Å². The number of carbonyl (C=O) groups excluding carboxylic acids is 2. The van der Waals surface area contributed by atoms with Crippen molar-refractivity contribution in [1.29, 1.82) is 0 Å². The Kier molecular flexibility index (Phi) is 5.58. The minimum absolute atomic E-state index is 0.0403. The summed E-state index contributed by atoms with van der Waals surface area (Å²) in [5, 5.41) is 3.76. The van der Waals surface area contributed by atoms with E-state index in [9.17, 15) is 9.59 Å². The maximum atomic E-state index is 12.9. The van der Waals surface area contributed by atoms with Gasteiger partial charge in [-0.25, -0.2) is 0 Å². The molecule has 1 aromatic rings. The van der Waals surface area contributed by atoms with Gasteiger partial charge in [0.1, 0.15) is 0 Å². The summed E-state index contributed by atoms with van der Waals surface area (Å²) in [7, 11) is 0. The summed E-state index contributed by atoms with van der Waals surface area (Å²) < 4.78 is 0. The lowest BCUT2D eigenvalue weighted by atomic mass is 9.95. The number of anilines is 2. The highest BCUT2D eigenvalue weighted by Crippen LogP contribution is 2.34. The second-order valence-electron chi connectivity index (χ2n) is 8.07. The van der Waals surface area contributed by atoms with Gasteiger partial charge in [-0.2, -0.15) is 0 Å². The Hall–Kier alpha value is -1.75. The van der Waals surface area contributed by atoms with Crippen LogP contribution in [0, 0.1) is 11.8 Å². The van der Waals surface area contributed by atoms with Crippen LogP contribution >= 0.6 is 11.6 Å². The molecule has 27 heavy (non-hydrogen) atoms. The predicted molar refractivity (Wildman–Crippen MR) is 108 cm³/mol. The Morgan fingerprint density at radius 2 is 1.63 bits per heavy atom. The standard InChI is InChI=1S/C21H28ClN3O2/c22-17-6-7-19(24-10-2-1-3-11-24)18(14-17)23-20(26)15-8-12-25(13-9-15)21(27)16-4-5-16/h6-7,14-16H,1-5,8-13H2,(H,23,26). The number of likely N-dealkylation sites (tertiary alicyclic amines) is 1. The van der Waals surface area contributed by atoms with Crippen molar-refractivity contribution >= 4 is 34.8 Å². The van der Waals surface area contributed by atoms with Crippen molar-refractivity contribution in [2.45, 2.75) is 44.9 Å². The summed E-state index contributed by atoms with van der Waals surface area (Å²) in [5.74, 6) is 0.556. The van der Waals surface area contributed by atoms with E-state index in [4.69, 9.17) is 11.6 Å². The largest absolute Gasteiger partial charge is 0.370 e. The van der Waals surface area contributed by atoms with E-state index in [0.717, 1.165) is 50.1 Å². The van der Waals surface area contributed by atoms with Crippen molar-refractivity contribution in [3.8, 4) is 0 Å². The first-order valence-electron chi connectivity index (χ1n) is 10.3. The SMILES string of the molecule is O=C(Nc1cc(Cl)ccc1N1CCCCC1)C1CCN(C(=O)C2CC2)CC1. The van der Waals surface area contributed by atoms with E-state index >= 15 is 0 Å². The smallest absolute Gasteiger partial charge is 0.227 e. The fraction of sp³-hybridized carbons (Fsp3) is 0.619. The molecule has 2 heterocycles. The third-order valence-electron chi connectivity index (χ3n) is 6.02. The molecule has 1 aliphatic carbocycles. The molecule has 2 saturated heterocycles. The molecule has 1 aromatic carbocycles. The van der Waals surface area contributed by atoms with Crippen molar-refractivity contribution in [2.75, 3.05) is 36.4 Å². The molecule has 0 radical (unpaired) electrons. The molecule has 0 unspecified atom stereocenters. The molecule has 6 heteroatoms.